The molecule has 0 aliphatic heterocycles. The number of unbranched alkanes of at least 4 members (excludes halogenated alkanes) is 3. The number of halogens is 1. The molecule has 0 spiro atoms. The maximum atomic E-state index is 8.63. The average molecular weight is 259 g/mol. The summed E-state index contributed by atoms with van der Waals surface area (Å²) in [6.07, 6.45) is 3.99. The third-order valence-electron chi connectivity index (χ3n) is 2.49. The van der Waals surface area contributed by atoms with Crippen LogP contribution in [-0.2, 0) is 0 Å². The van der Waals surface area contributed by atoms with Crippen LogP contribution in [-0.4, -0.2) is 28.2 Å². The molecular weight excluding hydrogens is 240 g/mol. The topological polar surface area (TPSA) is 84.1 Å². The van der Waals surface area contributed by atoms with Gasteiger partial charge in [-0.25, -0.2) is 4.98 Å². The Morgan fingerprint density at radius 3 is 2.65 bits per heavy atom. The number of hydrogen-bond acceptors (Lipinski definition) is 5. The van der Waals surface area contributed by atoms with E-state index in [1.54, 1.807) is 6.92 Å². The number of aliphatic hydroxyl groups is 1. The van der Waals surface area contributed by atoms with Crippen molar-refractivity contribution in [3.8, 4) is 0 Å². The largest absolute Gasteiger partial charge is 0.396 e. The molecule has 0 aliphatic carbocycles. The molecule has 0 aromatic carbocycles. The van der Waals surface area contributed by atoms with Crippen molar-refractivity contribution in [1.29, 1.82) is 0 Å². The van der Waals surface area contributed by atoms with Crippen molar-refractivity contribution >= 4 is 23.1 Å². The second-order valence-electron chi connectivity index (χ2n) is 3.90. The Labute approximate surface area is 106 Å². The minimum Gasteiger partial charge on any atom is -0.396 e. The van der Waals surface area contributed by atoms with Gasteiger partial charge in [-0.15, -0.1) is 0 Å². The highest BCUT2D eigenvalue weighted by Crippen LogP contribution is 2.20. The monoisotopic (exact) mass is 258 g/mol. The molecule has 0 aliphatic rings. The summed E-state index contributed by atoms with van der Waals surface area (Å²) in [6, 6.07) is 0. The van der Waals surface area contributed by atoms with Gasteiger partial charge in [-0.2, -0.15) is 4.98 Å². The van der Waals surface area contributed by atoms with E-state index in [4.69, 9.17) is 22.4 Å². The van der Waals surface area contributed by atoms with E-state index in [0.29, 0.717) is 17.2 Å². The van der Waals surface area contributed by atoms with E-state index in [0.717, 1.165) is 32.2 Å². The molecule has 4 N–H and O–H groups in total. The number of anilines is 2. The molecule has 5 nitrogen and oxygen atoms in total. The van der Waals surface area contributed by atoms with Gasteiger partial charge in [-0.1, -0.05) is 12.8 Å². The summed E-state index contributed by atoms with van der Waals surface area (Å²) in [4.78, 5) is 8.01. The van der Waals surface area contributed by atoms with E-state index in [1.807, 2.05) is 0 Å². The van der Waals surface area contributed by atoms with Gasteiger partial charge in [0.1, 0.15) is 0 Å². The summed E-state index contributed by atoms with van der Waals surface area (Å²) in [5, 5.41) is 12.0. The highest BCUT2D eigenvalue weighted by Gasteiger charge is 2.06. The smallest absolute Gasteiger partial charge is 0.224 e. The molecular formula is C11H19ClN4O. The predicted octanol–water partition coefficient (Wildman–Crippen LogP) is 1.99. The van der Waals surface area contributed by atoms with Crippen molar-refractivity contribution in [2.45, 2.75) is 32.6 Å². The summed E-state index contributed by atoms with van der Waals surface area (Å²) >= 11 is 5.76. The summed E-state index contributed by atoms with van der Waals surface area (Å²) < 4.78 is 0. The van der Waals surface area contributed by atoms with Crippen LogP contribution in [0.5, 0.6) is 0 Å². The molecule has 0 atom stereocenters. The molecule has 0 bridgehead atoms. The Hall–Kier alpha value is -1.07. The van der Waals surface area contributed by atoms with Crippen LogP contribution in [0.15, 0.2) is 0 Å². The van der Waals surface area contributed by atoms with Gasteiger partial charge in [0, 0.05) is 13.2 Å². The molecule has 1 rings (SSSR count). The number of nitrogens with zero attached hydrogens (tertiary/aromatic N) is 2. The molecule has 17 heavy (non-hydrogen) atoms. The number of hydrogen-bond donors (Lipinski definition) is 3. The average Bonchev–Trinajstić information content (AvgIpc) is 2.29. The predicted molar refractivity (Wildman–Crippen MR) is 70.2 cm³/mol. The Kier molecular flexibility index (Phi) is 6.00. The molecule has 0 amide bonds. The van der Waals surface area contributed by atoms with Gasteiger partial charge in [0.2, 0.25) is 5.28 Å². The van der Waals surface area contributed by atoms with Crippen molar-refractivity contribution in [3.05, 3.63) is 11.0 Å². The Balaban J connectivity index is 2.36. The molecule has 0 unspecified atom stereocenters. The molecule has 1 aromatic rings. The number of aromatic nitrogens is 2. The first kappa shape index (κ1) is 14.0. The van der Waals surface area contributed by atoms with Gasteiger partial charge >= 0.3 is 0 Å². The summed E-state index contributed by atoms with van der Waals surface area (Å²) in [7, 11) is 0. The summed E-state index contributed by atoms with van der Waals surface area (Å²) in [5.41, 5.74) is 7.07. The van der Waals surface area contributed by atoms with E-state index in [2.05, 4.69) is 15.3 Å². The lowest BCUT2D eigenvalue weighted by Gasteiger charge is -2.09. The molecule has 0 saturated carbocycles. The molecule has 1 heterocycles. The first-order valence-electron chi connectivity index (χ1n) is 5.79. The van der Waals surface area contributed by atoms with Gasteiger partial charge in [0.15, 0.2) is 5.82 Å². The fourth-order valence-electron chi connectivity index (χ4n) is 1.48. The lowest BCUT2D eigenvalue weighted by atomic mass is 10.2. The molecule has 1 aromatic heterocycles. The molecule has 6 heteroatoms. The van der Waals surface area contributed by atoms with E-state index >= 15 is 0 Å². The van der Waals surface area contributed by atoms with Crippen LogP contribution >= 0.6 is 11.6 Å². The molecule has 0 radical (unpaired) electrons. The first-order valence-corrected chi connectivity index (χ1v) is 6.17. The zero-order valence-corrected chi connectivity index (χ0v) is 10.8. The second kappa shape index (κ2) is 7.29. The molecule has 96 valence electrons. The third kappa shape index (κ3) is 4.75. The standard InChI is InChI=1S/C11H19ClN4O/c1-8-9(13)10(16-11(12)15-8)14-6-4-2-3-5-7-17/h17H,2-7,13H2,1H3,(H,14,15,16). The minimum absolute atomic E-state index is 0.208. The number of nitrogens with two attached hydrogens (primary N) is 1. The van der Waals surface area contributed by atoms with Crippen molar-refractivity contribution in [2.24, 2.45) is 0 Å². The van der Waals surface area contributed by atoms with Crippen molar-refractivity contribution in [2.75, 3.05) is 24.2 Å². The van der Waals surface area contributed by atoms with Crippen LogP contribution in [0.25, 0.3) is 0 Å². The van der Waals surface area contributed by atoms with E-state index in [9.17, 15) is 0 Å². The number of aryl methyl sites for hydroxylation is 1. The van der Waals surface area contributed by atoms with Gasteiger partial charge in [-0.05, 0) is 31.4 Å². The van der Waals surface area contributed by atoms with E-state index in [1.165, 1.54) is 0 Å². The highest BCUT2D eigenvalue weighted by molar-refractivity contribution is 6.28. The van der Waals surface area contributed by atoms with E-state index < -0.39 is 0 Å². The zero-order chi connectivity index (χ0) is 12.7. The first-order chi connectivity index (χ1) is 8.15. The number of nitrogen functional groups attached to an aromatic ring is 1. The second-order valence-corrected chi connectivity index (χ2v) is 4.24. The van der Waals surface area contributed by atoms with Gasteiger partial charge < -0.3 is 16.2 Å². The van der Waals surface area contributed by atoms with Crippen LogP contribution < -0.4 is 11.1 Å². The quantitative estimate of drug-likeness (QED) is 0.515. The number of rotatable bonds is 7. The van der Waals surface area contributed by atoms with Gasteiger partial charge in [0.25, 0.3) is 0 Å². The molecule has 0 saturated heterocycles. The fraction of sp³-hybridized carbons (Fsp3) is 0.636. The highest BCUT2D eigenvalue weighted by atomic mass is 35.5. The Morgan fingerprint density at radius 1 is 1.24 bits per heavy atom. The normalized spacial score (nSPS) is 10.5. The summed E-state index contributed by atoms with van der Waals surface area (Å²) in [6.45, 7) is 2.86. The van der Waals surface area contributed by atoms with Crippen LogP contribution in [0, 0.1) is 6.92 Å². The Bertz CT molecular complexity index is 360. The summed E-state index contributed by atoms with van der Waals surface area (Å²) in [5.74, 6) is 0.602. The van der Waals surface area contributed by atoms with Crippen molar-refractivity contribution in [3.63, 3.8) is 0 Å². The Morgan fingerprint density at radius 2 is 1.94 bits per heavy atom. The number of nitrogens with one attached hydrogen (secondary N) is 1. The van der Waals surface area contributed by atoms with Crippen molar-refractivity contribution < 1.29 is 5.11 Å². The minimum atomic E-state index is 0.208. The van der Waals surface area contributed by atoms with Crippen LogP contribution in [0.1, 0.15) is 31.4 Å². The third-order valence-corrected chi connectivity index (χ3v) is 2.66. The maximum absolute atomic E-state index is 8.63. The number of aliphatic hydroxyl groups excluding tert-OH is 1. The van der Waals surface area contributed by atoms with Gasteiger partial charge in [-0.3, -0.25) is 0 Å². The van der Waals surface area contributed by atoms with Crippen LogP contribution in [0.2, 0.25) is 5.28 Å². The lowest BCUT2D eigenvalue weighted by molar-refractivity contribution is 0.283. The van der Waals surface area contributed by atoms with Crippen molar-refractivity contribution in [1.82, 2.24) is 9.97 Å². The molecule has 0 fully saturated rings. The van der Waals surface area contributed by atoms with Crippen LogP contribution in [0.3, 0.4) is 0 Å². The lowest BCUT2D eigenvalue weighted by Crippen LogP contribution is -2.08. The SMILES string of the molecule is Cc1nc(Cl)nc(NCCCCCCO)c1N. The maximum Gasteiger partial charge on any atom is 0.224 e. The fourth-order valence-corrected chi connectivity index (χ4v) is 1.69. The van der Waals surface area contributed by atoms with Gasteiger partial charge in [0.05, 0.1) is 11.4 Å². The van der Waals surface area contributed by atoms with Crippen LogP contribution in [0.4, 0.5) is 11.5 Å². The van der Waals surface area contributed by atoms with E-state index in [-0.39, 0.29) is 11.9 Å². The zero-order valence-electron chi connectivity index (χ0n) is 10.0.